The molecule has 1 N–H and O–H groups in total. The van der Waals surface area contributed by atoms with Crippen LogP contribution in [-0.4, -0.2) is 22.0 Å². The Kier molecular flexibility index (Phi) is 4.04. The van der Waals surface area contributed by atoms with E-state index < -0.39 is 0 Å². The Morgan fingerprint density at radius 3 is 2.87 bits per heavy atom. The van der Waals surface area contributed by atoms with Gasteiger partial charge in [-0.2, -0.15) is 0 Å². The molecule has 0 bridgehead atoms. The van der Waals surface area contributed by atoms with Gasteiger partial charge in [0.1, 0.15) is 22.2 Å². The Morgan fingerprint density at radius 1 is 1.39 bits per heavy atom. The average Bonchev–Trinajstić information content (AvgIpc) is 3.08. The third-order valence-electron chi connectivity index (χ3n) is 3.68. The van der Waals surface area contributed by atoms with E-state index in [0.29, 0.717) is 41.4 Å². The molecule has 0 saturated carbocycles. The third-order valence-corrected chi connectivity index (χ3v) is 4.49. The van der Waals surface area contributed by atoms with Crippen LogP contribution >= 0.6 is 11.3 Å². The van der Waals surface area contributed by atoms with Crippen molar-refractivity contribution in [2.45, 2.75) is 27.3 Å². The van der Waals surface area contributed by atoms with Crippen LogP contribution in [-0.2, 0) is 6.54 Å². The lowest BCUT2D eigenvalue weighted by atomic mass is 10.2. The number of thiophene rings is 1. The quantitative estimate of drug-likeness (QED) is 0.796. The summed E-state index contributed by atoms with van der Waals surface area (Å²) in [5.74, 6) is 1.74. The van der Waals surface area contributed by atoms with E-state index in [-0.39, 0.29) is 11.5 Å². The van der Waals surface area contributed by atoms with Gasteiger partial charge in [-0.25, -0.2) is 4.98 Å². The lowest BCUT2D eigenvalue weighted by molar-refractivity contribution is 0.0950. The summed E-state index contributed by atoms with van der Waals surface area (Å²) >= 11 is 1.45. The molecular formula is C16H17N3O3S. The van der Waals surface area contributed by atoms with Crippen LogP contribution < -0.4 is 10.9 Å². The maximum Gasteiger partial charge on any atom is 0.262 e. The third kappa shape index (κ3) is 2.92. The fourth-order valence-electron chi connectivity index (χ4n) is 2.55. The van der Waals surface area contributed by atoms with Gasteiger partial charge in [0, 0.05) is 13.1 Å². The minimum atomic E-state index is -0.199. The largest absolute Gasteiger partial charge is 0.466 e. The zero-order chi connectivity index (χ0) is 16.6. The van der Waals surface area contributed by atoms with E-state index in [9.17, 15) is 9.59 Å². The zero-order valence-electron chi connectivity index (χ0n) is 13.2. The Hall–Kier alpha value is -2.41. The number of rotatable bonds is 4. The summed E-state index contributed by atoms with van der Waals surface area (Å²) < 4.78 is 6.94. The van der Waals surface area contributed by atoms with Crippen molar-refractivity contribution in [3.63, 3.8) is 0 Å². The van der Waals surface area contributed by atoms with Gasteiger partial charge in [0.15, 0.2) is 0 Å². The first-order chi connectivity index (χ1) is 11.0. The van der Waals surface area contributed by atoms with Crippen LogP contribution in [0.15, 0.2) is 26.7 Å². The molecule has 0 atom stereocenters. The Morgan fingerprint density at radius 2 is 2.17 bits per heavy atom. The summed E-state index contributed by atoms with van der Waals surface area (Å²) in [4.78, 5) is 29.7. The minimum absolute atomic E-state index is 0.0710. The highest BCUT2D eigenvalue weighted by Gasteiger charge is 2.14. The van der Waals surface area contributed by atoms with Crippen molar-refractivity contribution < 1.29 is 9.21 Å². The second kappa shape index (κ2) is 6.00. The van der Waals surface area contributed by atoms with Crippen molar-refractivity contribution in [1.29, 1.82) is 0 Å². The van der Waals surface area contributed by atoms with Crippen LogP contribution in [0.4, 0.5) is 0 Å². The van der Waals surface area contributed by atoms with Crippen LogP contribution in [0, 0.1) is 20.8 Å². The van der Waals surface area contributed by atoms with Crippen LogP contribution in [0.25, 0.3) is 10.2 Å². The van der Waals surface area contributed by atoms with Crippen LogP contribution in [0.2, 0.25) is 0 Å². The molecule has 0 aliphatic rings. The van der Waals surface area contributed by atoms with E-state index in [2.05, 4.69) is 10.3 Å². The summed E-state index contributed by atoms with van der Waals surface area (Å²) in [6.07, 6.45) is 0. The van der Waals surface area contributed by atoms with E-state index in [1.807, 2.05) is 5.38 Å². The number of carbonyl (C=O) groups excluding carboxylic acids is 1. The number of hydrogen-bond acceptors (Lipinski definition) is 5. The van der Waals surface area contributed by atoms with Crippen molar-refractivity contribution in [2.24, 2.45) is 0 Å². The number of amides is 1. The molecule has 7 heteroatoms. The molecule has 6 nitrogen and oxygen atoms in total. The standard InChI is InChI=1S/C16H17N3O3S/c1-9-8-13(10(2)22-9)14(20)17-5-6-19-11(3)18-15-12(16(19)21)4-7-23-15/h4,7-8H,5-6H2,1-3H3,(H,17,20). The molecule has 3 heterocycles. The predicted octanol–water partition coefficient (Wildman–Crippen LogP) is 2.41. The number of aryl methyl sites for hydroxylation is 3. The monoisotopic (exact) mass is 331 g/mol. The lowest BCUT2D eigenvalue weighted by Crippen LogP contribution is -2.32. The number of hydrogen-bond donors (Lipinski definition) is 1. The second-order valence-electron chi connectivity index (χ2n) is 5.34. The van der Waals surface area contributed by atoms with Crippen molar-refractivity contribution in [3.8, 4) is 0 Å². The first-order valence-electron chi connectivity index (χ1n) is 7.27. The van der Waals surface area contributed by atoms with Crippen LogP contribution in [0.3, 0.4) is 0 Å². The Balaban J connectivity index is 1.73. The molecule has 3 rings (SSSR count). The summed E-state index contributed by atoms with van der Waals surface area (Å²) in [5, 5.41) is 5.29. The molecule has 0 aliphatic heterocycles. The summed E-state index contributed by atoms with van der Waals surface area (Å²) in [5.41, 5.74) is 0.455. The fourth-order valence-corrected chi connectivity index (χ4v) is 3.35. The van der Waals surface area contributed by atoms with Gasteiger partial charge >= 0.3 is 0 Å². The molecule has 3 aromatic heterocycles. The van der Waals surface area contributed by atoms with E-state index in [1.54, 1.807) is 37.5 Å². The maximum atomic E-state index is 12.4. The molecule has 0 fully saturated rings. The Bertz CT molecular complexity index is 936. The smallest absolute Gasteiger partial charge is 0.262 e. The maximum absolute atomic E-state index is 12.4. The number of aromatic nitrogens is 2. The first kappa shape index (κ1) is 15.5. The molecular weight excluding hydrogens is 314 g/mol. The fraction of sp³-hybridized carbons (Fsp3) is 0.312. The van der Waals surface area contributed by atoms with E-state index in [4.69, 9.17) is 4.42 Å². The molecule has 0 unspecified atom stereocenters. The number of furan rings is 1. The molecule has 0 spiro atoms. The SMILES string of the molecule is Cc1cc(C(=O)NCCn2c(C)nc3sccc3c2=O)c(C)o1. The van der Waals surface area contributed by atoms with E-state index in [0.717, 1.165) is 4.83 Å². The highest BCUT2D eigenvalue weighted by molar-refractivity contribution is 7.16. The molecule has 3 aromatic rings. The molecule has 0 aromatic carbocycles. The summed E-state index contributed by atoms with van der Waals surface area (Å²) in [6, 6.07) is 3.49. The van der Waals surface area contributed by atoms with Gasteiger partial charge in [-0.15, -0.1) is 11.3 Å². The second-order valence-corrected chi connectivity index (χ2v) is 6.23. The van der Waals surface area contributed by atoms with Gasteiger partial charge in [0.2, 0.25) is 0 Å². The van der Waals surface area contributed by atoms with Gasteiger partial charge in [-0.05, 0) is 38.3 Å². The lowest BCUT2D eigenvalue weighted by Gasteiger charge is -2.10. The Labute approximate surface area is 136 Å². The summed E-state index contributed by atoms with van der Waals surface area (Å²) in [7, 11) is 0. The molecule has 120 valence electrons. The molecule has 0 aliphatic carbocycles. The van der Waals surface area contributed by atoms with E-state index >= 15 is 0 Å². The molecule has 0 saturated heterocycles. The van der Waals surface area contributed by atoms with Crippen molar-refractivity contribution >= 4 is 27.5 Å². The highest BCUT2D eigenvalue weighted by atomic mass is 32.1. The van der Waals surface area contributed by atoms with Gasteiger partial charge in [0.05, 0.1) is 10.9 Å². The minimum Gasteiger partial charge on any atom is -0.466 e. The molecule has 0 radical (unpaired) electrons. The van der Waals surface area contributed by atoms with Gasteiger partial charge in [-0.1, -0.05) is 0 Å². The normalized spacial score (nSPS) is 11.1. The number of carbonyl (C=O) groups is 1. The topological polar surface area (TPSA) is 77.1 Å². The van der Waals surface area contributed by atoms with Crippen molar-refractivity contribution in [2.75, 3.05) is 6.54 Å². The van der Waals surface area contributed by atoms with E-state index in [1.165, 1.54) is 11.3 Å². The van der Waals surface area contributed by atoms with Crippen molar-refractivity contribution in [1.82, 2.24) is 14.9 Å². The summed E-state index contributed by atoms with van der Waals surface area (Å²) in [6.45, 7) is 6.08. The van der Waals surface area contributed by atoms with Crippen LogP contribution in [0.1, 0.15) is 27.7 Å². The zero-order valence-corrected chi connectivity index (χ0v) is 14.0. The predicted molar refractivity (Wildman–Crippen MR) is 89.1 cm³/mol. The average molecular weight is 331 g/mol. The van der Waals surface area contributed by atoms with Crippen LogP contribution in [0.5, 0.6) is 0 Å². The van der Waals surface area contributed by atoms with Gasteiger partial charge in [-0.3, -0.25) is 14.2 Å². The number of fused-ring (bicyclic) bond motifs is 1. The first-order valence-corrected chi connectivity index (χ1v) is 8.15. The van der Waals surface area contributed by atoms with Gasteiger partial charge in [0.25, 0.3) is 11.5 Å². The molecule has 1 amide bonds. The molecule has 23 heavy (non-hydrogen) atoms. The van der Waals surface area contributed by atoms with Gasteiger partial charge < -0.3 is 9.73 Å². The highest BCUT2D eigenvalue weighted by Crippen LogP contribution is 2.15. The van der Waals surface area contributed by atoms with Crippen molar-refractivity contribution in [3.05, 3.63) is 50.8 Å². The number of nitrogens with one attached hydrogen (secondary N) is 1. The number of nitrogens with zero attached hydrogens (tertiary/aromatic N) is 2.